The smallest absolute Gasteiger partial charge is 0.274 e. The van der Waals surface area contributed by atoms with Crippen LogP contribution in [-0.2, 0) is 10.2 Å². The monoisotopic (exact) mass is 349 g/mol. The lowest BCUT2D eigenvalue weighted by atomic mass is 9.97. The zero-order valence-electron chi connectivity index (χ0n) is 11.8. The van der Waals surface area contributed by atoms with Crippen LogP contribution in [0.15, 0.2) is 18.2 Å². The highest BCUT2D eigenvalue weighted by molar-refractivity contribution is 7.87. The summed E-state index contributed by atoms with van der Waals surface area (Å²) in [5.74, 6) is -0.915. The number of nitrogens with zero attached hydrogens (tertiary/aromatic N) is 1. The predicted octanol–water partition coefficient (Wildman–Crippen LogP) is 1.12. The molecule has 1 saturated heterocycles. The number of halogens is 2. The highest BCUT2D eigenvalue weighted by Gasteiger charge is 2.25. The van der Waals surface area contributed by atoms with Crippen molar-refractivity contribution < 1.29 is 17.6 Å². The second kappa shape index (κ2) is 6.91. The van der Waals surface area contributed by atoms with Crippen molar-refractivity contribution in [2.75, 3.05) is 19.6 Å². The van der Waals surface area contributed by atoms with E-state index >= 15 is 0 Å². The number of amides is 1. The first kappa shape index (κ1) is 17.1. The van der Waals surface area contributed by atoms with Crippen LogP contribution in [0.25, 0.3) is 0 Å². The molecule has 0 aromatic heterocycles. The molecular weight excluding hydrogens is 333 g/mol. The molecule has 0 saturated carbocycles. The number of rotatable bonds is 4. The van der Waals surface area contributed by atoms with Gasteiger partial charge in [0.05, 0.1) is 0 Å². The molecule has 0 spiro atoms. The molecule has 3 N–H and O–H groups in total. The van der Waals surface area contributed by atoms with E-state index in [0.29, 0.717) is 13.1 Å². The molecule has 22 heavy (non-hydrogen) atoms. The predicted molar refractivity (Wildman–Crippen MR) is 81.1 cm³/mol. The second-order valence-electron chi connectivity index (χ2n) is 5.31. The summed E-state index contributed by atoms with van der Waals surface area (Å²) in [7, 11) is -3.75. The minimum Gasteiger partial charge on any atom is -0.338 e. The van der Waals surface area contributed by atoms with E-state index in [1.54, 1.807) is 4.90 Å². The van der Waals surface area contributed by atoms with Gasteiger partial charge in [0.2, 0.25) is 0 Å². The highest BCUT2D eigenvalue weighted by Crippen LogP contribution is 2.20. The second-order valence-corrected chi connectivity index (χ2v) is 7.13. The minimum absolute atomic E-state index is 0.0277. The molecule has 1 unspecified atom stereocenters. The molecule has 122 valence electrons. The van der Waals surface area contributed by atoms with Crippen LogP contribution in [0.1, 0.15) is 23.2 Å². The quantitative estimate of drug-likeness (QED) is 0.853. The lowest BCUT2D eigenvalue weighted by Gasteiger charge is -2.32. The van der Waals surface area contributed by atoms with Crippen LogP contribution >= 0.6 is 11.6 Å². The number of carbonyl (C=O) groups excluding carboxylic acids is 1. The first-order valence-corrected chi connectivity index (χ1v) is 8.70. The largest absolute Gasteiger partial charge is 0.338 e. The van der Waals surface area contributed by atoms with Gasteiger partial charge in [-0.2, -0.15) is 8.42 Å². The Kier molecular flexibility index (Phi) is 5.38. The van der Waals surface area contributed by atoms with E-state index in [1.165, 1.54) is 6.07 Å². The zero-order valence-corrected chi connectivity index (χ0v) is 13.3. The van der Waals surface area contributed by atoms with Gasteiger partial charge in [0, 0.05) is 30.2 Å². The molecule has 9 heteroatoms. The van der Waals surface area contributed by atoms with Crippen LogP contribution < -0.4 is 9.86 Å². The standard InChI is InChI=1S/C13H17ClFN3O3S/c14-11-4-10(5-12(15)6-11)13(19)18-3-1-2-9(8-18)7-17-22(16,20)21/h4-6,9,17H,1-3,7-8H2,(H2,16,20,21). The van der Waals surface area contributed by atoms with Crippen molar-refractivity contribution >= 4 is 27.7 Å². The van der Waals surface area contributed by atoms with Crippen LogP contribution in [0.4, 0.5) is 4.39 Å². The van der Waals surface area contributed by atoms with E-state index < -0.39 is 16.0 Å². The third-order valence-corrected chi connectivity index (χ3v) is 4.28. The van der Waals surface area contributed by atoms with Gasteiger partial charge in [-0.1, -0.05) is 11.6 Å². The summed E-state index contributed by atoms with van der Waals surface area (Å²) in [5.41, 5.74) is 0.185. The summed E-state index contributed by atoms with van der Waals surface area (Å²) in [6, 6.07) is 3.69. The minimum atomic E-state index is -3.75. The van der Waals surface area contributed by atoms with Gasteiger partial charge in [0.25, 0.3) is 16.1 Å². The van der Waals surface area contributed by atoms with Gasteiger partial charge in [0.1, 0.15) is 5.82 Å². The lowest BCUT2D eigenvalue weighted by Crippen LogP contribution is -2.44. The number of nitrogens with two attached hydrogens (primary N) is 1. The van der Waals surface area contributed by atoms with Crippen molar-refractivity contribution in [3.8, 4) is 0 Å². The molecular formula is C13H17ClFN3O3S. The Labute approximate surface area is 133 Å². The molecule has 6 nitrogen and oxygen atoms in total. The Hall–Kier alpha value is -1.22. The van der Waals surface area contributed by atoms with Gasteiger partial charge in [0.15, 0.2) is 0 Å². The first-order valence-electron chi connectivity index (χ1n) is 6.77. The number of likely N-dealkylation sites (tertiary alicyclic amines) is 1. The third kappa shape index (κ3) is 4.91. The van der Waals surface area contributed by atoms with E-state index in [9.17, 15) is 17.6 Å². The van der Waals surface area contributed by atoms with Gasteiger partial charge in [-0.3, -0.25) is 4.79 Å². The summed E-state index contributed by atoms with van der Waals surface area (Å²) in [6.45, 7) is 1.10. The Morgan fingerprint density at radius 1 is 1.45 bits per heavy atom. The van der Waals surface area contributed by atoms with Crippen molar-refractivity contribution in [1.29, 1.82) is 0 Å². The molecule has 1 aromatic carbocycles. The Bertz CT molecular complexity index is 648. The summed E-state index contributed by atoms with van der Waals surface area (Å²) in [4.78, 5) is 14.0. The number of piperidine rings is 1. The fourth-order valence-electron chi connectivity index (χ4n) is 2.51. The van der Waals surface area contributed by atoms with Gasteiger partial charge in [-0.05, 0) is 37.0 Å². The molecule has 1 amide bonds. The Morgan fingerprint density at radius 3 is 2.82 bits per heavy atom. The third-order valence-electron chi connectivity index (χ3n) is 3.49. The van der Waals surface area contributed by atoms with E-state index in [0.717, 1.165) is 25.0 Å². The number of hydrogen-bond donors (Lipinski definition) is 2. The molecule has 1 aromatic rings. The summed E-state index contributed by atoms with van der Waals surface area (Å²) >= 11 is 5.76. The summed E-state index contributed by atoms with van der Waals surface area (Å²) < 4.78 is 37.4. The average Bonchev–Trinajstić information content (AvgIpc) is 2.43. The Balaban J connectivity index is 2.03. The van der Waals surface area contributed by atoms with Crippen molar-refractivity contribution in [2.24, 2.45) is 11.1 Å². The maximum absolute atomic E-state index is 13.3. The summed E-state index contributed by atoms with van der Waals surface area (Å²) in [5, 5.41) is 5.06. The summed E-state index contributed by atoms with van der Waals surface area (Å²) in [6.07, 6.45) is 1.53. The zero-order chi connectivity index (χ0) is 16.3. The van der Waals surface area contributed by atoms with Gasteiger partial charge < -0.3 is 4.90 Å². The molecule has 2 rings (SSSR count). The van der Waals surface area contributed by atoms with Crippen LogP contribution in [-0.4, -0.2) is 38.9 Å². The average molecular weight is 350 g/mol. The number of hydrogen-bond acceptors (Lipinski definition) is 3. The van der Waals surface area contributed by atoms with E-state index in [-0.39, 0.29) is 29.0 Å². The number of benzene rings is 1. The fraction of sp³-hybridized carbons (Fsp3) is 0.462. The normalized spacial score (nSPS) is 19.2. The van der Waals surface area contributed by atoms with Gasteiger partial charge >= 0.3 is 0 Å². The lowest BCUT2D eigenvalue weighted by molar-refractivity contribution is 0.0676. The van der Waals surface area contributed by atoms with E-state index in [2.05, 4.69) is 4.72 Å². The molecule has 1 fully saturated rings. The molecule has 0 aliphatic carbocycles. The van der Waals surface area contributed by atoms with E-state index in [4.69, 9.17) is 16.7 Å². The molecule has 1 aliphatic heterocycles. The van der Waals surface area contributed by atoms with Crippen molar-refractivity contribution in [3.63, 3.8) is 0 Å². The number of carbonyl (C=O) groups is 1. The topological polar surface area (TPSA) is 92.5 Å². The van der Waals surface area contributed by atoms with Crippen molar-refractivity contribution in [1.82, 2.24) is 9.62 Å². The molecule has 0 bridgehead atoms. The van der Waals surface area contributed by atoms with Gasteiger partial charge in [-0.15, -0.1) is 0 Å². The maximum Gasteiger partial charge on any atom is 0.274 e. The van der Waals surface area contributed by atoms with Crippen LogP contribution in [0.5, 0.6) is 0 Å². The molecule has 1 heterocycles. The maximum atomic E-state index is 13.3. The van der Waals surface area contributed by atoms with Crippen molar-refractivity contribution in [3.05, 3.63) is 34.6 Å². The number of nitrogens with one attached hydrogen (secondary N) is 1. The van der Waals surface area contributed by atoms with Crippen LogP contribution in [0.2, 0.25) is 5.02 Å². The van der Waals surface area contributed by atoms with Crippen LogP contribution in [0, 0.1) is 11.7 Å². The van der Waals surface area contributed by atoms with Gasteiger partial charge in [-0.25, -0.2) is 14.3 Å². The Morgan fingerprint density at radius 2 is 2.18 bits per heavy atom. The molecule has 0 radical (unpaired) electrons. The van der Waals surface area contributed by atoms with Crippen LogP contribution in [0.3, 0.4) is 0 Å². The highest BCUT2D eigenvalue weighted by atomic mass is 35.5. The van der Waals surface area contributed by atoms with Crippen molar-refractivity contribution in [2.45, 2.75) is 12.8 Å². The molecule has 1 aliphatic rings. The first-order chi connectivity index (χ1) is 10.2. The SMILES string of the molecule is NS(=O)(=O)NCC1CCCN(C(=O)c2cc(F)cc(Cl)c2)C1. The molecule has 1 atom stereocenters. The van der Waals surface area contributed by atoms with E-state index in [1.807, 2.05) is 0 Å². The fourth-order valence-corrected chi connectivity index (χ4v) is 3.20.